The lowest BCUT2D eigenvalue weighted by Crippen LogP contribution is -2.39. The fourth-order valence-corrected chi connectivity index (χ4v) is 4.23. The van der Waals surface area contributed by atoms with Crippen LogP contribution >= 0.6 is 0 Å². The van der Waals surface area contributed by atoms with E-state index in [1.807, 2.05) is 91.0 Å². The van der Waals surface area contributed by atoms with Crippen LogP contribution in [-0.2, 0) is 19.8 Å². The van der Waals surface area contributed by atoms with Gasteiger partial charge in [0.15, 0.2) is 6.29 Å². The molecule has 32 heavy (non-hydrogen) atoms. The average Bonchev–Trinajstić information content (AvgIpc) is 3.16. The number of nitrogens with zero attached hydrogens (tertiary/aromatic N) is 3. The zero-order chi connectivity index (χ0) is 22.4. The third-order valence-corrected chi connectivity index (χ3v) is 5.74. The SMILES string of the molecule is CO[C@@H]1OC(COC(c2ccccc2)(c2ccccc2)c2ccccc2)C(N=[N+]=[N-])[C@H]1O. The van der Waals surface area contributed by atoms with Gasteiger partial charge in [0, 0.05) is 12.0 Å². The Morgan fingerprint density at radius 1 is 0.906 bits per heavy atom. The molecule has 0 aliphatic carbocycles. The molecule has 1 saturated heterocycles. The Morgan fingerprint density at radius 2 is 1.38 bits per heavy atom. The predicted molar refractivity (Wildman–Crippen MR) is 120 cm³/mol. The minimum absolute atomic E-state index is 0.0687. The summed E-state index contributed by atoms with van der Waals surface area (Å²) >= 11 is 0. The normalized spacial score (nSPS) is 22.9. The topological polar surface area (TPSA) is 96.7 Å². The van der Waals surface area contributed by atoms with Crippen LogP contribution in [0.15, 0.2) is 96.1 Å². The molecule has 7 heteroatoms. The van der Waals surface area contributed by atoms with Gasteiger partial charge < -0.3 is 19.3 Å². The average molecular weight is 431 g/mol. The van der Waals surface area contributed by atoms with Crippen LogP contribution in [-0.4, -0.2) is 43.4 Å². The Hall–Kier alpha value is -3.19. The molecule has 0 radical (unpaired) electrons. The maximum Gasteiger partial charge on any atom is 0.184 e. The molecule has 0 bridgehead atoms. The fourth-order valence-electron chi connectivity index (χ4n) is 4.23. The van der Waals surface area contributed by atoms with Gasteiger partial charge in [-0.25, -0.2) is 0 Å². The minimum Gasteiger partial charge on any atom is -0.387 e. The third kappa shape index (κ3) is 4.12. The second kappa shape index (κ2) is 9.96. The summed E-state index contributed by atoms with van der Waals surface area (Å²) in [5, 5.41) is 14.2. The fraction of sp³-hybridized carbons (Fsp3) is 0.280. The van der Waals surface area contributed by atoms with Crippen molar-refractivity contribution in [1.82, 2.24) is 0 Å². The van der Waals surface area contributed by atoms with E-state index in [0.717, 1.165) is 16.7 Å². The molecule has 164 valence electrons. The number of aliphatic hydroxyl groups is 1. The van der Waals surface area contributed by atoms with Crippen LogP contribution < -0.4 is 0 Å². The Labute approximate surface area is 186 Å². The first-order valence-electron chi connectivity index (χ1n) is 10.4. The zero-order valence-corrected chi connectivity index (χ0v) is 17.7. The maximum atomic E-state index is 10.5. The van der Waals surface area contributed by atoms with Crippen molar-refractivity contribution in [3.63, 3.8) is 0 Å². The van der Waals surface area contributed by atoms with E-state index in [1.165, 1.54) is 7.11 Å². The Bertz CT molecular complexity index is 946. The van der Waals surface area contributed by atoms with Crippen molar-refractivity contribution in [2.24, 2.45) is 5.11 Å². The molecule has 1 aliphatic heterocycles. The van der Waals surface area contributed by atoms with E-state index in [0.29, 0.717) is 0 Å². The number of hydrogen-bond donors (Lipinski definition) is 1. The Kier molecular flexibility index (Phi) is 6.85. The lowest BCUT2D eigenvalue weighted by molar-refractivity contribution is -0.162. The van der Waals surface area contributed by atoms with E-state index < -0.39 is 30.1 Å². The second-order valence-corrected chi connectivity index (χ2v) is 7.55. The minimum atomic E-state index is -1.08. The summed E-state index contributed by atoms with van der Waals surface area (Å²) in [5.41, 5.74) is 10.9. The van der Waals surface area contributed by atoms with Crippen LogP contribution in [0.4, 0.5) is 0 Å². The molecule has 4 atom stereocenters. The summed E-state index contributed by atoms with van der Waals surface area (Å²) in [6.07, 6.45) is -2.65. The second-order valence-electron chi connectivity index (χ2n) is 7.55. The van der Waals surface area contributed by atoms with Gasteiger partial charge in [0.25, 0.3) is 0 Å². The number of azide groups is 1. The smallest absolute Gasteiger partial charge is 0.184 e. The summed E-state index contributed by atoms with van der Waals surface area (Å²) in [4.78, 5) is 2.88. The quantitative estimate of drug-likeness (QED) is 0.247. The van der Waals surface area contributed by atoms with Gasteiger partial charge in [-0.05, 0) is 22.2 Å². The predicted octanol–water partition coefficient (Wildman–Crippen LogP) is 4.41. The van der Waals surface area contributed by atoms with Crippen molar-refractivity contribution >= 4 is 0 Å². The number of benzene rings is 3. The van der Waals surface area contributed by atoms with Gasteiger partial charge in [0.1, 0.15) is 11.7 Å². The van der Waals surface area contributed by atoms with Crippen LogP contribution in [0.2, 0.25) is 0 Å². The largest absolute Gasteiger partial charge is 0.387 e. The Balaban J connectivity index is 1.79. The number of rotatable bonds is 8. The monoisotopic (exact) mass is 431 g/mol. The highest BCUT2D eigenvalue weighted by Crippen LogP contribution is 2.41. The first-order chi connectivity index (χ1) is 15.7. The standard InChI is InChI=1S/C25H25N3O4/c1-30-24-23(29)22(27-28-26)21(32-24)17-31-25(18-11-5-2-6-12-18,19-13-7-3-8-14-19)20-15-9-4-10-16-20/h2-16,21-24,29H,17H2,1H3/t21?,22?,23-,24-/m1/s1. The van der Waals surface area contributed by atoms with Gasteiger partial charge in [-0.2, -0.15) is 0 Å². The molecule has 0 aromatic heterocycles. The molecule has 0 amide bonds. The summed E-state index contributed by atoms with van der Waals surface area (Å²) in [6, 6.07) is 29.0. The lowest BCUT2D eigenvalue weighted by atomic mass is 9.80. The number of aliphatic hydroxyl groups excluding tert-OH is 1. The maximum absolute atomic E-state index is 10.5. The van der Waals surface area contributed by atoms with Crippen molar-refractivity contribution in [3.05, 3.63) is 118 Å². The molecule has 7 nitrogen and oxygen atoms in total. The highest BCUT2D eigenvalue weighted by atomic mass is 16.7. The van der Waals surface area contributed by atoms with Crippen LogP contribution in [0.5, 0.6) is 0 Å². The molecule has 1 N–H and O–H groups in total. The highest BCUT2D eigenvalue weighted by molar-refractivity contribution is 5.47. The first-order valence-corrected chi connectivity index (χ1v) is 10.4. The van der Waals surface area contributed by atoms with Gasteiger partial charge in [0.05, 0.1) is 18.8 Å². The molecule has 3 aromatic carbocycles. The van der Waals surface area contributed by atoms with Crippen molar-refractivity contribution in [1.29, 1.82) is 0 Å². The molecule has 2 unspecified atom stereocenters. The van der Waals surface area contributed by atoms with Crippen LogP contribution in [0, 0.1) is 0 Å². The van der Waals surface area contributed by atoms with Crippen molar-refractivity contribution < 1.29 is 19.3 Å². The van der Waals surface area contributed by atoms with Crippen molar-refractivity contribution in [3.8, 4) is 0 Å². The molecule has 1 aliphatic rings. The first kappa shape index (κ1) is 22.0. The van der Waals surface area contributed by atoms with Gasteiger partial charge in [-0.15, -0.1) is 0 Å². The molecule has 0 saturated carbocycles. The molecular formula is C25H25N3O4. The number of methoxy groups -OCH3 is 1. The summed E-state index contributed by atoms with van der Waals surface area (Å²) in [7, 11) is 1.44. The van der Waals surface area contributed by atoms with E-state index in [1.54, 1.807) is 0 Å². The third-order valence-electron chi connectivity index (χ3n) is 5.74. The molecule has 4 rings (SSSR count). The van der Waals surface area contributed by atoms with Crippen molar-refractivity contribution in [2.45, 2.75) is 30.1 Å². The molecule has 1 fully saturated rings. The highest BCUT2D eigenvalue weighted by Gasteiger charge is 2.46. The Morgan fingerprint density at radius 3 is 1.78 bits per heavy atom. The van der Waals surface area contributed by atoms with Crippen LogP contribution in [0.25, 0.3) is 10.4 Å². The van der Waals surface area contributed by atoms with Crippen LogP contribution in [0.3, 0.4) is 0 Å². The lowest BCUT2D eigenvalue weighted by Gasteiger charge is -2.37. The summed E-state index contributed by atoms with van der Waals surface area (Å²) < 4.78 is 17.7. The number of hydrogen-bond acceptors (Lipinski definition) is 5. The van der Waals surface area contributed by atoms with Gasteiger partial charge in [0.2, 0.25) is 0 Å². The van der Waals surface area contributed by atoms with E-state index in [9.17, 15) is 5.11 Å². The van der Waals surface area contributed by atoms with Gasteiger partial charge in [-0.1, -0.05) is 96.1 Å². The van der Waals surface area contributed by atoms with E-state index in [4.69, 9.17) is 19.7 Å². The van der Waals surface area contributed by atoms with Crippen LogP contribution in [0.1, 0.15) is 16.7 Å². The molecule has 1 heterocycles. The zero-order valence-electron chi connectivity index (χ0n) is 17.7. The summed E-state index contributed by atoms with van der Waals surface area (Å²) in [5.74, 6) is 0. The van der Waals surface area contributed by atoms with Gasteiger partial charge in [-0.3, -0.25) is 0 Å². The van der Waals surface area contributed by atoms with E-state index in [-0.39, 0.29) is 6.61 Å². The van der Waals surface area contributed by atoms with E-state index >= 15 is 0 Å². The molecular weight excluding hydrogens is 406 g/mol. The van der Waals surface area contributed by atoms with E-state index in [2.05, 4.69) is 10.0 Å². The molecule has 3 aromatic rings. The van der Waals surface area contributed by atoms with Crippen molar-refractivity contribution in [2.75, 3.05) is 13.7 Å². The summed E-state index contributed by atoms with van der Waals surface area (Å²) in [6.45, 7) is 0.0687. The number of ether oxygens (including phenoxy) is 3. The molecule has 0 spiro atoms. The van der Waals surface area contributed by atoms with Gasteiger partial charge >= 0.3 is 0 Å².